The molecule has 0 aliphatic rings. The SMILES string of the molecule is O=c1ccc(-c2nnc(Br)o2)n[nH]1. The van der Waals surface area contributed by atoms with Crippen LogP contribution < -0.4 is 5.56 Å². The first kappa shape index (κ1) is 8.11. The minimum Gasteiger partial charge on any atom is -0.409 e. The number of hydrogen-bond acceptors (Lipinski definition) is 5. The van der Waals surface area contributed by atoms with Crippen molar-refractivity contribution in [2.24, 2.45) is 0 Å². The highest BCUT2D eigenvalue weighted by molar-refractivity contribution is 9.10. The fraction of sp³-hybridized carbons (Fsp3) is 0. The molecule has 7 heteroatoms. The van der Waals surface area contributed by atoms with E-state index in [1.54, 1.807) is 0 Å². The molecule has 0 atom stereocenters. The quantitative estimate of drug-likeness (QED) is 0.791. The number of aromatic nitrogens is 4. The van der Waals surface area contributed by atoms with Crippen LogP contribution in [0.1, 0.15) is 0 Å². The number of nitrogens with zero attached hydrogens (tertiary/aromatic N) is 3. The lowest BCUT2D eigenvalue weighted by molar-refractivity contribution is 0.537. The molecule has 66 valence electrons. The van der Waals surface area contributed by atoms with Crippen molar-refractivity contribution in [1.29, 1.82) is 0 Å². The molecule has 0 spiro atoms. The second kappa shape index (κ2) is 3.09. The minimum atomic E-state index is -0.276. The molecule has 0 amide bonds. The van der Waals surface area contributed by atoms with Crippen LogP contribution >= 0.6 is 15.9 Å². The van der Waals surface area contributed by atoms with Crippen LogP contribution in [0.4, 0.5) is 0 Å². The molecule has 0 unspecified atom stereocenters. The Hall–Kier alpha value is -1.50. The van der Waals surface area contributed by atoms with E-state index in [-0.39, 0.29) is 16.2 Å². The van der Waals surface area contributed by atoms with Crippen LogP contribution in [0.25, 0.3) is 11.6 Å². The molecule has 2 aromatic heterocycles. The van der Waals surface area contributed by atoms with Gasteiger partial charge in [0.25, 0.3) is 16.2 Å². The van der Waals surface area contributed by atoms with Crippen molar-refractivity contribution in [2.75, 3.05) is 0 Å². The third-order valence-electron chi connectivity index (χ3n) is 1.30. The molecule has 0 saturated heterocycles. The highest BCUT2D eigenvalue weighted by atomic mass is 79.9. The van der Waals surface area contributed by atoms with Gasteiger partial charge in [-0.2, -0.15) is 5.10 Å². The monoisotopic (exact) mass is 242 g/mol. The van der Waals surface area contributed by atoms with E-state index >= 15 is 0 Å². The molecule has 2 aromatic rings. The second-order valence-electron chi connectivity index (χ2n) is 2.17. The number of nitrogens with one attached hydrogen (secondary N) is 1. The van der Waals surface area contributed by atoms with Gasteiger partial charge in [0.15, 0.2) is 0 Å². The van der Waals surface area contributed by atoms with Gasteiger partial charge in [-0.3, -0.25) is 4.79 Å². The van der Waals surface area contributed by atoms with Crippen molar-refractivity contribution in [1.82, 2.24) is 20.4 Å². The molecule has 0 saturated carbocycles. The minimum absolute atomic E-state index is 0.253. The molecule has 0 fully saturated rings. The van der Waals surface area contributed by atoms with Gasteiger partial charge in [0.1, 0.15) is 5.69 Å². The summed E-state index contributed by atoms with van der Waals surface area (Å²) in [6.45, 7) is 0. The Labute approximate surface area is 80.1 Å². The molecule has 6 nitrogen and oxygen atoms in total. The lowest BCUT2D eigenvalue weighted by Crippen LogP contribution is -2.05. The normalized spacial score (nSPS) is 10.2. The highest BCUT2D eigenvalue weighted by Crippen LogP contribution is 2.15. The van der Waals surface area contributed by atoms with E-state index in [1.807, 2.05) is 0 Å². The van der Waals surface area contributed by atoms with Gasteiger partial charge in [0, 0.05) is 22.0 Å². The van der Waals surface area contributed by atoms with Crippen molar-refractivity contribution in [3.63, 3.8) is 0 Å². The van der Waals surface area contributed by atoms with Gasteiger partial charge in [-0.1, -0.05) is 0 Å². The lowest BCUT2D eigenvalue weighted by atomic mass is 10.4. The Morgan fingerprint density at radius 1 is 1.38 bits per heavy atom. The number of H-pyrrole nitrogens is 1. The fourth-order valence-electron chi connectivity index (χ4n) is 0.772. The Morgan fingerprint density at radius 3 is 2.77 bits per heavy atom. The number of hydrogen-bond donors (Lipinski definition) is 1. The summed E-state index contributed by atoms with van der Waals surface area (Å²) in [5.41, 5.74) is 0.153. The average molecular weight is 243 g/mol. The van der Waals surface area contributed by atoms with Crippen LogP contribution in [0, 0.1) is 0 Å². The highest BCUT2D eigenvalue weighted by Gasteiger charge is 2.07. The first-order valence-electron chi connectivity index (χ1n) is 3.31. The van der Waals surface area contributed by atoms with Gasteiger partial charge in [-0.05, 0) is 6.07 Å². The summed E-state index contributed by atoms with van der Waals surface area (Å²) in [4.78, 5) is 10.9. The standard InChI is InChI=1S/C6H3BrN4O2/c7-6-11-10-5(13-6)3-1-2-4(12)9-8-3/h1-2H,(H,9,12). The van der Waals surface area contributed by atoms with Gasteiger partial charge in [0.2, 0.25) is 0 Å². The summed E-state index contributed by atoms with van der Waals surface area (Å²) < 4.78 is 5.02. The van der Waals surface area contributed by atoms with Crippen LogP contribution in [0.2, 0.25) is 0 Å². The Morgan fingerprint density at radius 2 is 2.23 bits per heavy atom. The molecule has 0 aliphatic carbocycles. The van der Waals surface area contributed by atoms with Crippen molar-refractivity contribution in [3.05, 3.63) is 27.3 Å². The largest absolute Gasteiger partial charge is 0.409 e. The maximum absolute atomic E-state index is 10.7. The third kappa shape index (κ3) is 1.64. The number of rotatable bonds is 1. The van der Waals surface area contributed by atoms with Crippen LogP contribution in [0.3, 0.4) is 0 Å². The molecule has 2 heterocycles. The molecule has 2 rings (SSSR count). The Balaban J connectivity index is 2.47. The summed E-state index contributed by atoms with van der Waals surface area (Å²) in [6, 6.07) is 2.83. The number of halogens is 1. The van der Waals surface area contributed by atoms with Crippen molar-refractivity contribution in [2.45, 2.75) is 0 Å². The molecular formula is C6H3BrN4O2. The second-order valence-corrected chi connectivity index (χ2v) is 2.84. The Kier molecular flexibility index (Phi) is 1.93. The van der Waals surface area contributed by atoms with Gasteiger partial charge in [-0.15, -0.1) is 10.2 Å². The molecule has 1 N–H and O–H groups in total. The third-order valence-corrected chi connectivity index (χ3v) is 1.62. The van der Waals surface area contributed by atoms with Crippen LogP contribution in [0.15, 0.2) is 26.1 Å². The maximum atomic E-state index is 10.7. The van der Waals surface area contributed by atoms with Crippen molar-refractivity contribution < 1.29 is 4.42 Å². The number of aromatic amines is 1. The summed E-state index contributed by atoms with van der Waals surface area (Å²) in [6.07, 6.45) is 0. The fourth-order valence-corrected chi connectivity index (χ4v) is 1.01. The molecular weight excluding hydrogens is 240 g/mol. The Bertz CT molecular complexity index is 457. The molecule has 0 radical (unpaired) electrons. The molecule has 0 aliphatic heterocycles. The zero-order valence-electron chi connectivity index (χ0n) is 6.19. The first-order valence-corrected chi connectivity index (χ1v) is 4.10. The van der Waals surface area contributed by atoms with Crippen LogP contribution in [0.5, 0.6) is 0 Å². The average Bonchev–Trinajstić information content (AvgIpc) is 2.53. The summed E-state index contributed by atoms with van der Waals surface area (Å²) in [5, 5.41) is 13.2. The molecule has 0 aromatic carbocycles. The van der Waals surface area contributed by atoms with Crippen LogP contribution in [-0.4, -0.2) is 20.4 Å². The summed E-state index contributed by atoms with van der Waals surface area (Å²) in [5.74, 6) is 0.253. The van der Waals surface area contributed by atoms with Gasteiger partial charge < -0.3 is 4.42 Å². The van der Waals surface area contributed by atoms with E-state index in [1.165, 1.54) is 12.1 Å². The summed E-state index contributed by atoms with van der Waals surface area (Å²) in [7, 11) is 0. The lowest BCUT2D eigenvalue weighted by Gasteiger charge is -1.89. The first-order chi connectivity index (χ1) is 6.25. The van der Waals surface area contributed by atoms with E-state index in [2.05, 4.69) is 36.3 Å². The van der Waals surface area contributed by atoms with E-state index in [0.717, 1.165) is 0 Å². The van der Waals surface area contributed by atoms with Crippen LogP contribution in [-0.2, 0) is 0 Å². The topological polar surface area (TPSA) is 84.7 Å². The van der Waals surface area contributed by atoms with Gasteiger partial charge >= 0.3 is 0 Å². The van der Waals surface area contributed by atoms with Gasteiger partial charge in [-0.25, -0.2) is 5.10 Å². The predicted octanol–water partition coefficient (Wildman–Crippen LogP) is 0.582. The van der Waals surface area contributed by atoms with Crippen molar-refractivity contribution >= 4 is 15.9 Å². The van der Waals surface area contributed by atoms with Crippen molar-refractivity contribution in [3.8, 4) is 11.6 Å². The zero-order valence-corrected chi connectivity index (χ0v) is 7.78. The molecule has 0 bridgehead atoms. The van der Waals surface area contributed by atoms with E-state index in [9.17, 15) is 4.79 Å². The zero-order chi connectivity index (χ0) is 9.26. The smallest absolute Gasteiger partial charge is 0.285 e. The van der Waals surface area contributed by atoms with E-state index in [4.69, 9.17) is 4.42 Å². The van der Waals surface area contributed by atoms with E-state index in [0.29, 0.717) is 5.69 Å². The maximum Gasteiger partial charge on any atom is 0.285 e. The van der Waals surface area contributed by atoms with E-state index < -0.39 is 0 Å². The summed E-state index contributed by atoms with van der Waals surface area (Å²) >= 11 is 3.00. The predicted molar refractivity (Wildman–Crippen MR) is 45.8 cm³/mol. The van der Waals surface area contributed by atoms with Gasteiger partial charge in [0.05, 0.1) is 0 Å². The molecule has 13 heavy (non-hydrogen) atoms.